The lowest BCUT2D eigenvalue weighted by Gasteiger charge is -2.18. The first kappa shape index (κ1) is 16.9. The van der Waals surface area contributed by atoms with Crippen molar-refractivity contribution in [3.63, 3.8) is 0 Å². The van der Waals surface area contributed by atoms with E-state index in [1.165, 1.54) is 0 Å². The zero-order chi connectivity index (χ0) is 17.4. The normalized spacial score (nSPS) is 14.1. The average molecular weight is 345 g/mol. The number of hydrogen-bond donors (Lipinski definition) is 1. The third-order valence-electron chi connectivity index (χ3n) is 4.40. The highest BCUT2D eigenvalue weighted by Crippen LogP contribution is 2.28. The van der Waals surface area contributed by atoms with E-state index in [2.05, 4.69) is 23.8 Å². The second-order valence-corrected chi connectivity index (χ2v) is 7.64. The number of nitrogens with one attached hydrogen (secondary N) is 1. The number of thiazole rings is 1. The summed E-state index contributed by atoms with van der Waals surface area (Å²) in [6.45, 7) is 6.54. The molecule has 24 heavy (non-hydrogen) atoms. The van der Waals surface area contributed by atoms with Gasteiger partial charge in [-0.05, 0) is 19.8 Å². The Morgan fingerprint density at radius 3 is 2.83 bits per heavy atom. The Morgan fingerprint density at radius 2 is 2.17 bits per heavy atom. The van der Waals surface area contributed by atoms with Gasteiger partial charge < -0.3 is 9.88 Å². The predicted molar refractivity (Wildman–Crippen MR) is 94.8 cm³/mol. The summed E-state index contributed by atoms with van der Waals surface area (Å²) in [7, 11) is 1.77. The lowest BCUT2D eigenvalue weighted by Crippen LogP contribution is -2.28. The number of carbonyl (C=O) groups excluding carboxylic acids is 2. The fourth-order valence-corrected chi connectivity index (χ4v) is 4.00. The Hall–Kier alpha value is -1.95. The summed E-state index contributed by atoms with van der Waals surface area (Å²) in [6, 6.07) is 0. The molecule has 0 spiro atoms. The number of carbonyl (C=O) groups is 2. The summed E-state index contributed by atoms with van der Waals surface area (Å²) in [5.74, 6) is 0.355. The van der Waals surface area contributed by atoms with Crippen molar-refractivity contribution in [2.24, 2.45) is 0 Å². The van der Waals surface area contributed by atoms with Gasteiger partial charge in [0.2, 0.25) is 0 Å². The molecule has 0 atom stereocenters. The number of aryl methyl sites for hydroxylation is 2. The van der Waals surface area contributed by atoms with Gasteiger partial charge in [0.25, 0.3) is 5.91 Å². The highest BCUT2D eigenvalue weighted by atomic mass is 32.1. The molecule has 6 heteroatoms. The average Bonchev–Trinajstić information content (AvgIpc) is 3.11. The highest BCUT2D eigenvalue weighted by molar-refractivity contribution is 7.09. The zero-order valence-electron chi connectivity index (χ0n) is 14.6. The number of aromatic nitrogens is 2. The summed E-state index contributed by atoms with van der Waals surface area (Å²) in [4.78, 5) is 34.7. The Balaban J connectivity index is 1.83. The van der Waals surface area contributed by atoms with Crippen molar-refractivity contribution in [3.8, 4) is 0 Å². The number of hydrogen-bond acceptors (Lipinski definition) is 4. The van der Waals surface area contributed by atoms with Gasteiger partial charge in [-0.2, -0.15) is 0 Å². The fraction of sp³-hybridized carbons (Fsp3) is 0.500. The molecule has 0 aromatic carbocycles. The summed E-state index contributed by atoms with van der Waals surface area (Å²) in [6.07, 6.45) is 2.22. The van der Waals surface area contributed by atoms with E-state index in [9.17, 15) is 9.59 Å². The van der Waals surface area contributed by atoms with Crippen molar-refractivity contribution in [3.05, 3.63) is 38.6 Å². The molecule has 128 valence electrons. The van der Waals surface area contributed by atoms with Crippen molar-refractivity contribution >= 4 is 23.0 Å². The molecular weight excluding hydrogens is 322 g/mol. The fourth-order valence-electron chi connectivity index (χ4n) is 3.17. The summed E-state index contributed by atoms with van der Waals surface area (Å²) in [5, 5.41) is 3.08. The Labute approximate surface area is 146 Å². The van der Waals surface area contributed by atoms with E-state index in [-0.39, 0.29) is 11.7 Å². The molecule has 2 aromatic rings. The molecule has 0 unspecified atom stereocenters. The molecular formula is C18H23N3O2S. The van der Waals surface area contributed by atoms with Crippen LogP contribution in [0.5, 0.6) is 0 Å². The van der Waals surface area contributed by atoms with Crippen molar-refractivity contribution in [1.29, 1.82) is 0 Å². The van der Waals surface area contributed by atoms with Crippen LogP contribution in [0.3, 0.4) is 0 Å². The quantitative estimate of drug-likeness (QED) is 0.919. The van der Waals surface area contributed by atoms with Crippen LogP contribution >= 0.6 is 11.3 Å². The van der Waals surface area contributed by atoms with Gasteiger partial charge in [-0.1, -0.05) is 13.8 Å². The van der Waals surface area contributed by atoms with Crippen LogP contribution < -0.4 is 0 Å². The first-order valence-corrected chi connectivity index (χ1v) is 9.20. The number of aromatic amines is 1. The molecule has 1 aliphatic rings. The van der Waals surface area contributed by atoms with Gasteiger partial charge in [-0.3, -0.25) is 9.59 Å². The van der Waals surface area contributed by atoms with Gasteiger partial charge in [-0.15, -0.1) is 11.3 Å². The molecule has 2 aromatic heterocycles. The smallest absolute Gasteiger partial charge is 0.256 e. The summed E-state index contributed by atoms with van der Waals surface area (Å²) >= 11 is 1.63. The van der Waals surface area contributed by atoms with Crippen LogP contribution in [0.25, 0.3) is 0 Å². The van der Waals surface area contributed by atoms with Gasteiger partial charge in [-0.25, -0.2) is 4.98 Å². The van der Waals surface area contributed by atoms with Crippen LogP contribution in [0.1, 0.15) is 75.4 Å². The highest BCUT2D eigenvalue weighted by Gasteiger charge is 2.29. The molecule has 3 rings (SSSR count). The second kappa shape index (κ2) is 6.51. The van der Waals surface area contributed by atoms with E-state index in [4.69, 9.17) is 0 Å². The number of ketones is 1. The maximum absolute atomic E-state index is 12.9. The Bertz CT molecular complexity index is 788. The molecule has 0 bridgehead atoms. The van der Waals surface area contributed by atoms with Gasteiger partial charge in [0.1, 0.15) is 0 Å². The second-order valence-electron chi connectivity index (χ2n) is 6.75. The van der Waals surface area contributed by atoms with E-state index >= 15 is 0 Å². The molecule has 1 N–H and O–H groups in total. The van der Waals surface area contributed by atoms with Gasteiger partial charge in [0.05, 0.1) is 28.4 Å². The van der Waals surface area contributed by atoms with Crippen LogP contribution in [-0.2, 0) is 13.0 Å². The monoisotopic (exact) mass is 345 g/mol. The van der Waals surface area contributed by atoms with Gasteiger partial charge in [0, 0.05) is 36.2 Å². The summed E-state index contributed by atoms with van der Waals surface area (Å²) < 4.78 is 0. The zero-order valence-corrected chi connectivity index (χ0v) is 15.4. The van der Waals surface area contributed by atoms with E-state index in [0.29, 0.717) is 30.0 Å². The van der Waals surface area contributed by atoms with E-state index in [1.807, 2.05) is 12.3 Å². The molecule has 0 saturated heterocycles. The third kappa shape index (κ3) is 3.02. The minimum absolute atomic E-state index is 0.0769. The minimum Gasteiger partial charge on any atom is -0.361 e. The first-order valence-electron chi connectivity index (χ1n) is 8.33. The topological polar surface area (TPSA) is 66.1 Å². The largest absolute Gasteiger partial charge is 0.361 e. The Morgan fingerprint density at radius 1 is 1.42 bits per heavy atom. The van der Waals surface area contributed by atoms with Gasteiger partial charge >= 0.3 is 0 Å². The van der Waals surface area contributed by atoms with Crippen LogP contribution in [0.4, 0.5) is 0 Å². The third-order valence-corrected chi connectivity index (χ3v) is 5.59. The standard InChI is InChI=1S/C18H23N3O2S/c1-10(2)17-20-12(9-24-17)8-21(4)18(23)15-11(3)19-13-6-5-7-14(22)16(13)15/h9-10,19H,5-8H2,1-4H3. The number of amides is 1. The number of rotatable bonds is 4. The van der Waals surface area contributed by atoms with E-state index < -0.39 is 0 Å². The number of H-pyrrole nitrogens is 1. The molecule has 0 radical (unpaired) electrons. The number of fused-ring (bicyclic) bond motifs is 1. The first-order chi connectivity index (χ1) is 11.4. The maximum atomic E-state index is 12.9. The molecule has 0 fully saturated rings. The molecule has 1 amide bonds. The molecule has 5 nitrogen and oxygen atoms in total. The van der Waals surface area contributed by atoms with E-state index in [1.54, 1.807) is 23.3 Å². The number of Topliss-reactive ketones (excluding diaryl/α,β-unsaturated/α-hetero) is 1. The lowest BCUT2D eigenvalue weighted by atomic mass is 9.93. The van der Waals surface area contributed by atoms with Crippen LogP contribution in [0.15, 0.2) is 5.38 Å². The SMILES string of the molecule is Cc1[nH]c2c(c1C(=O)N(C)Cc1csc(C(C)C)n1)C(=O)CCC2. The molecule has 1 aliphatic carbocycles. The van der Waals surface area contributed by atoms with Crippen molar-refractivity contribution < 1.29 is 9.59 Å². The minimum atomic E-state index is -0.112. The lowest BCUT2D eigenvalue weighted by molar-refractivity contribution is 0.0776. The van der Waals surface area contributed by atoms with Crippen LogP contribution in [0.2, 0.25) is 0 Å². The maximum Gasteiger partial charge on any atom is 0.256 e. The van der Waals surface area contributed by atoms with Crippen LogP contribution in [-0.4, -0.2) is 33.6 Å². The molecule has 2 heterocycles. The van der Waals surface area contributed by atoms with Crippen molar-refractivity contribution in [2.45, 2.75) is 52.5 Å². The van der Waals surface area contributed by atoms with Gasteiger partial charge in [0.15, 0.2) is 5.78 Å². The van der Waals surface area contributed by atoms with E-state index in [0.717, 1.165) is 34.9 Å². The molecule has 0 aliphatic heterocycles. The Kier molecular flexibility index (Phi) is 4.58. The predicted octanol–water partition coefficient (Wildman–Crippen LogP) is 3.69. The molecule has 0 saturated carbocycles. The number of nitrogens with zero attached hydrogens (tertiary/aromatic N) is 2. The van der Waals surface area contributed by atoms with Crippen LogP contribution in [0, 0.1) is 6.92 Å². The summed E-state index contributed by atoms with van der Waals surface area (Å²) in [5.41, 5.74) is 3.74. The van der Waals surface area contributed by atoms with Crippen molar-refractivity contribution in [2.75, 3.05) is 7.05 Å². The van der Waals surface area contributed by atoms with Crippen molar-refractivity contribution in [1.82, 2.24) is 14.9 Å².